The summed E-state index contributed by atoms with van der Waals surface area (Å²) in [6, 6.07) is -0.198. The first kappa shape index (κ1) is 13.9. The van der Waals surface area contributed by atoms with E-state index < -0.39 is 0 Å². The molecule has 2 saturated heterocycles. The molecule has 1 saturated carbocycles. The third kappa shape index (κ3) is 2.82. The largest absolute Gasteiger partial charge is 0.376 e. The van der Waals surface area contributed by atoms with Gasteiger partial charge in [-0.15, -0.1) is 0 Å². The molecule has 1 aliphatic carbocycles. The van der Waals surface area contributed by atoms with Gasteiger partial charge < -0.3 is 14.5 Å². The number of hydrogen-bond acceptors (Lipinski definition) is 3. The van der Waals surface area contributed by atoms with Crippen LogP contribution in [0.3, 0.4) is 0 Å². The maximum atomic E-state index is 12.4. The minimum atomic E-state index is -0.198. The van der Waals surface area contributed by atoms with Crippen molar-refractivity contribution in [1.29, 1.82) is 0 Å². The second-order valence-electron chi connectivity index (χ2n) is 6.14. The summed E-state index contributed by atoms with van der Waals surface area (Å²) in [7, 11) is 0. The standard InChI is InChI=1S/C15H24N2O3/c18-14-11-16(9-10-20-12-5-1-2-6-12)15(19)13-7-3-4-8-17(13)14/h12-13H,1-11H2. The molecule has 3 rings (SSSR count). The number of rotatable bonds is 4. The number of hydrogen-bond donors (Lipinski definition) is 0. The fourth-order valence-electron chi connectivity index (χ4n) is 3.60. The van der Waals surface area contributed by atoms with Crippen LogP contribution in [-0.2, 0) is 14.3 Å². The second-order valence-corrected chi connectivity index (χ2v) is 6.14. The van der Waals surface area contributed by atoms with Crippen molar-refractivity contribution in [3.8, 4) is 0 Å². The van der Waals surface area contributed by atoms with Crippen LogP contribution in [0, 0.1) is 0 Å². The average molecular weight is 280 g/mol. The number of fused-ring (bicyclic) bond motifs is 1. The number of ether oxygens (including phenoxy) is 1. The van der Waals surface area contributed by atoms with Gasteiger partial charge in [-0.1, -0.05) is 12.8 Å². The topological polar surface area (TPSA) is 49.9 Å². The average Bonchev–Trinajstić information content (AvgIpc) is 2.97. The lowest BCUT2D eigenvalue weighted by Gasteiger charge is -2.42. The predicted molar refractivity (Wildman–Crippen MR) is 74.1 cm³/mol. The lowest BCUT2D eigenvalue weighted by atomic mass is 9.98. The molecule has 0 N–H and O–H groups in total. The van der Waals surface area contributed by atoms with E-state index in [4.69, 9.17) is 4.74 Å². The summed E-state index contributed by atoms with van der Waals surface area (Å²) in [5.74, 6) is 0.231. The van der Waals surface area contributed by atoms with Gasteiger partial charge in [0.1, 0.15) is 6.04 Å². The van der Waals surface area contributed by atoms with Gasteiger partial charge in [-0.2, -0.15) is 0 Å². The molecule has 0 aromatic heterocycles. The summed E-state index contributed by atoms with van der Waals surface area (Å²) in [5.41, 5.74) is 0. The van der Waals surface area contributed by atoms with Gasteiger partial charge in [-0.3, -0.25) is 9.59 Å². The molecule has 3 aliphatic rings. The lowest BCUT2D eigenvalue weighted by Crippen LogP contribution is -2.61. The van der Waals surface area contributed by atoms with Gasteiger partial charge in [-0.05, 0) is 32.1 Å². The molecule has 2 amide bonds. The van der Waals surface area contributed by atoms with Crippen molar-refractivity contribution in [2.24, 2.45) is 0 Å². The Morgan fingerprint density at radius 2 is 1.80 bits per heavy atom. The Bertz CT molecular complexity index is 379. The Balaban J connectivity index is 1.51. The zero-order chi connectivity index (χ0) is 13.9. The van der Waals surface area contributed by atoms with E-state index in [-0.39, 0.29) is 24.4 Å². The second kappa shape index (κ2) is 6.12. The van der Waals surface area contributed by atoms with E-state index in [1.165, 1.54) is 12.8 Å². The molecule has 112 valence electrons. The summed E-state index contributed by atoms with van der Waals surface area (Å²) in [4.78, 5) is 28.0. The molecule has 0 bridgehead atoms. The van der Waals surface area contributed by atoms with Crippen LogP contribution in [0.4, 0.5) is 0 Å². The number of amides is 2. The highest BCUT2D eigenvalue weighted by Gasteiger charge is 2.40. The maximum Gasteiger partial charge on any atom is 0.245 e. The number of carbonyl (C=O) groups is 2. The molecule has 0 aromatic carbocycles. The Kier molecular flexibility index (Phi) is 4.24. The van der Waals surface area contributed by atoms with Crippen molar-refractivity contribution < 1.29 is 14.3 Å². The highest BCUT2D eigenvalue weighted by atomic mass is 16.5. The Labute approximate surface area is 120 Å². The van der Waals surface area contributed by atoms with E-state index >= 15 is 0 Å². The van der Waals surface area contributed by atoms with Crippen molar-refractivity contribution in [1.82, 2.24) is 9.80 Å². The molecule has 2 aliphatic heterocycles. The summed E-state index contributed by atoms with van der Waals surface area (Å²) < 4.78 is 5.81. The third-order valence-corrected chi connectivity index (χ3v) is 4.76. The Morgan fingerprint density at radius 3 is 2.60 bits per heavy atom. The van der Waals surface area contributed by atoms with E-state index in [0.717, 1.165) is 38.6 Å². The number of carbonyl (C=O) groups excluding carboxylic acids is 2. The molecular weight excluding hydrogens is 256 g/mol. The van der Waals surface area contributed by atoms with Gasteiger partial charge in [0.05, 0.1) is 19.3 Å². The minimum Gasteiger partial charge on any atom is -0.376 e. The molecule has 1 atom stereocenters. The minimum absolute atomic E-state index is 0.107. The van der Waals surface area contributed by atoms with Gasteiger partial charge in [-0.25, -0.2) is 0 Å². The van der Waals surface area contributed by atoms with Crippen LogP contribution in [0.15, 0.2) is 0 Å². The van der Waals surface area contributed by atoms with Crippen molar-refractivity contribution in [2.75, 3.05) is 26.2 Å². The molecule has 0 radical (unpaired) electrons. The highest BCUT2D eigenvalue weighted by Crippen LogP contribution is 2.24. The van der Waals surface area contributed by atoms with Crippen molar-refractivity contribution in [3.63, 3.8) is 0 Å². The van der Waals surface area contributed by atoms with Crippen LogP contribution in [0.25, 0.3) is 0 Å². The van der Waals surface area contributed by atoms with Crippen LogP contribution in [0.1, 0.15) is 44.9 Å². The van der Waals surface area contributed by atoms with Crippen molar-refractivity contribution in [3.05, 3.63) is 0 Å². The molecule has 2 heterocycles. The van der Waals surface area contributed by atoms with E-state index in [0.29, 0.717) is 19.3 Å². The normalized spacial score (nSPS) is 28.1. The van der Waals surface area contributed by atoms with Crippen LogP contribution >= 0.6 is 0 Å². The smallest absolute Gasteiger partial charge is 0.245 e. The van der Waals surface area contributed by atoms with Crippen LogP contribution < -0.4 is 0 Å². The van der Waals surface area contributed by atoms with E-state index in [9.17, 15) is 9.59 Å². The number of nitrogens with zero attached hydrogens (tertiary/aromatic N) is 2. The third-order valence-electron chi connectivity index (χ3n) is 4.76. The lowest BCUT2D eigenvalue weighted by molar-refractivity contribution is -0.158. The molecule has 20 heavy (non-hydrogen) atoms. The fourth-order valence-corrected chi connectivity index (χ4v) is 3.60. The first-order valence-corrected chi connectivity index (χ1v) is 7.95. The molecule has 5 heteroatoms. The van der Waals surface area contributed by atoms with Crippen LogP contribution in [-0.4, -0.2) is 60.0 Å². The summed E-state index contributed by atoms with van der Waals surface area (Å²) >= 11 is 0. The zero-order valence-corrected chi connectivity index (χ0v) is 12.1. The number of piperazine rings is 1. The molecule has 0 aromatic rings. The number of piperidine rings is 1. The monoisotopic (exact) mass is 280 g/mol. The Morgan fingerprint density at radius 1 is 1.05 bits per heavy atom. The summed E-state index contributed by atoms with van der Waals surface area (Å²) in [6.45, 7) is 2.12. The van der Waals surface area contributed by atoms with E-state index in [2.05, 4.69) is 0 Å². The van der Waals surface area contributed by atoms with Gasteiger partial charge >= 0.3 is 0 Å². The van der Waals surface area contributed by atoms with Crippen LogP contribution in [0.5, 0.6) is 0 Å². The summed E-state index contributed by atoms with van der Waals surface area (Å²) in [5, 5.41) is 0. The molecule has 3 fully saturated rings. The zero-order valence-electron chi connectivity index (χ0n) is 12.1. The first-order valence-electron chi connectivity index (χ1n) is 7.95. The predicted octanol–water partition coefficient (Wildman–Crippen LogP) is 1.17. The van der Waals surface area contributed by atoms with Gasteiger partial charge in [0.25, 0.3) is 0 Å². The molecular formula is C15H24N2O3. The highest BCUT2D eigenvalue weighted by molar-refractivity contribution is 5.95. The Hall–Kier alpha value is -1.10. The fraction of sp³-hybridized carbons (Fsp3) is 0.867. The van der Waals surface area contributed by atoms with Crippen molar-refractivity contribution >= 4 is 11.8 Å². The molecule has 1 unspecified atom stereocenters. The van der Waals surface area contributed by atoms with Gasteiger partial charge in [0, 0.05) is 13.1 Å². The van der Waals surface area contributed by atoms with E-state index in [1.54, 1.807) is 9.80 Å². The van der Waals surface area contributed by atoms with E-state index in [1.807, 2.05) is 0 Å². The quantitative estimate of drug-likeness (QED) is 0.776. The van der Waals surface area contributed by atoms with Gasteiger partial charge in [0.2, 0.25) is 11.8 Å². The van der Waals surface area contributed by atoms with Crippen LogP contribution in [0.2, 0.25) is 0 Å². The molecule has 0 spiro atoms. The first-order chi connectivity index (χ1) is 9.75. The SMILES string of the molecule is O=C1C2CCCCN2C(=O)CN1CCOC1CCCC1. The molecule has 5 nitrogen and oxygen atoms in total. The van der Waals surface area contributed by atoms with Gasteiger partial charge in [0.15, 0.2) is 0 Å². The van der Waals surface area contributed by atoms with Crippen molar-refractivity contribution in [2.45, 2.75) is 57.1 Å². The summed E-state index contributed by atoms with van der Waals surface area (Å²) in [6.07, 6.45) is 8.06. The maximum absolute atomic E-state index is 12.4.